The minimum Gasteiger partial charge on any atom is -0.383 e. The quantitative estimate of drug-likeness (QED) is 0.492. The zero-order valence-corrected chi connectivity index (χ0v) is 16.7. The fourth-order valence-electron chi connectivity index (χ4n) is 3.52. The van der Waals surface area contributed by atoms with E-state index in [0.717, 1.165) is 10.1 Å². The number of halogens is 1. The summed E-state index contributed by atoms with van der Waals surface area (Å²) >= 11 is 0. The lowest BCUT2D eigenvalue weighted by Crippen LogP contribution is -2.41. The van der Waals surface area contributed by atoms with Crippen molar-refractivity contribution < 1.29 is 9.13 Å². The average Bonchev–Trinajstić information content (AvgIpc) is 3.14. The fraction of sp³-hybridized carbons (Fsp3) is 0.227. The van der Waals surface area contributed by atoms with Gasteiger partial charge >= 0.3 is 5.69 Å². The van der Waals surface area contributed by atoms with Gasteiger partial charge in [-0.25, -0.2) is 18.7 Å². The second-order valence-corrected chi connectivity index (χ2v) is 6.99. The van der Waals surface area contributed by atoms with Crippen LogP contribution in [-0.4, -0.2) is 32.4 Å². The van der Waals surface area contributed by atoms with Crippen molar-refractivity contribution >= 4 is 11.2 Å². The van der Waals surface area contributed by atoms with Crippen LogP contribution < -0.4 is 11.2 Å². The molecule has 0 atom stereocenters. The second kappa shape index (κ2) is 8.08. The third kappa shape index (κ3) is 3.35. The van der Waals surface area contributed by atoms with E-state index in [-0.39, 0.29) is 36.7 Å². The minimum absolute atomic E-state index is 0.0981. The molecule has 0 N–H and O–H groups in total. The number of hydrogen-bond acceptors (Lipinski definition) is 4. The molecule has 0 aliphatic rings. The van der Waals surface area contributed by atoms with Gasteiger partial charge in [0.05, 0.1) is 31.7 Å². The summed E-state index contributed by atoms with van der Waals surface area (Å²) in [6.07, 6.45) is 1.47. The van der Waals surface area contributed by atoms with Gasteiger partial charge in [-0.15, -0.1) is 0 Å². The first-order valence-corrected chi connectivity index (χ1v) is 9.52. The van der Waals surface area contributed by atoms with E-state index in [1.54, 1.807) is 28.8 Å². The number of aromatic nitrogens is 4. The molecular weight excluding hydrogens is 387 g/mol. The van der Waals surface area contributed by atoms with Crippen molar-refractivity contribution in [1.82, 2.24) is 18.7 Å². The number of imidazole rings is 1. The molecule has 0 spiro atoms. The highest BCUT2D eigenvalue weighted by molar-refractivity contribution is 5.73. The maximum absolute atomic E-state index is 14.2. The molecule has 0 saturated heterocycles. The van der Waals surface area contributed by atoms with Crippen molar-refractivity contribution in [3.63, 3.8) is 0 Å². The fourth-order valence-corrected chi connectivity index (χ4v) is 3.52. The Kier molecular flexibility index (Phi) is 5.33. The Balaban J connectivity index is 2.01. The number of para-hydroxylation sites is 1. The Bertz CT molecular complexity index is 1340. The molecule has 0 radical (unpaired) electrons. The summed E-state index contributed by atoms with van der Waals surface area (Å²) in [4.78, 5) is 30.8. The smallest absolute Gasteiger partial charge is 0.337 e. The number of ether oxygens (including phenoxy) is 1. The van der Waals surface area contributed by atoms with Crippen LogP contribution in [0.2, 0.25) is 0 Å². The first-order chi connectivity index (χ1) is 14.5. The molecule has 30 heavy (non-hydrogen) atoms. The van der Waals surface area contributed by atoms with E-state index in [9.17, 15) is 14.0 Å². The zero-order chi connectivity index (χ0) is 21.3. The van der Waals surface area contributed by atoms with Crippen LogP contribution in [0.3, 0.4) is 0 Å². The second-order valence-electron chi connectivity index (χ2n) is 6.99. The largest absolute Gasteiger partial charge is 0.383 e. The van der Waals surface area contributed by atoms with E-state index < -0.39 is 11.2 Å². The number of methoxy groups -OCH3 is 1. The van der Waals surface area contributed by atoms with Gasteiger partial charge in [-0.2, -0.15) is 0 Å². The standard InChI is InChI=1S/C22H21FN4O3/c1-15-7-3-6-10-18(15)27-20-19(21(28)26(22(27)29)11-12-30-2)25(14-24-20)13-16-8-4-5-9-17(16)23/h3-10,14H,11-13H2,1-2H3. The van der Waals surface area contributed by atoms with Crippen molar-refractivity contribution in [2.45, 2.75) is 20.0 Å². The maximum atomic E-state index is 14.2. The first-order valence-electron chi connectivity index (χ1n) is 9.52. The van der Waals surface area contributed by atoms with E-state index in [2.05, 4.69) is 4.98 Å². The van der Waals surface area contributed by atoms with Gasteiger partial charge in [0, 0.05) is 12.7 Å². The summed E-state index contributed by atoms with van der Waals surface area (Å²) in [5.74, 6) is -0.369. The summed E-state index contributed by atoms with van der Waals surface area (Å²) in [6, 6.07) is 13.7. The lowest BCUT2D eigenvalue weighted by Gasteiger charge is -2.14. The summed E-state index contributed by atoms with van der Waals surface area (Å²) in [5, 5.41) is 0. The van der Waals surface area contributed by atoms with Crippen LogP contribution in [0.1, 0.15) is 11.1 Å². The SMILES string of the molecule is COCCn1c(=O)c2c(ncn2Cc2ccccc2F)n(-c2ccccc2C)c1=O. The Labute approximate surface area is 171 Å². The average molecular weight is 408 g/mol. The number of aryl methyl sites for hydroxylation is 1. The predicted molar refractivity (Wildman–Crippen MR) is 112 cm³/mol. The van der Waals surface area contributed by atoms with Crippen molar-refractivity contribution in [3.8, 4) is 5.69 Å². The number of benzene rings is 2. The van der Waals surface area contributed by atoms with Gasteiger partial charge in [-0.1, -0.05) is 36.4 Å². The van der Waals surface area contributed by atoms with E-state index in [4.69, 9.17) is 4.74 Å². The van der Waals surface area contributed by atoms with Crippen LogP contribution in [0.5, 0.6) is 0 Å². The van der Waals surface area contributed by atoms with Gasteiger partial charge in [-0.3, -0.25) is 9.36 Å². The Morgan fingerprint density at radius 3 is 2.53 bits per heavy atom. The molecule has 2 aromatic carbocycles. The Morgan fingerprint density at radius 1 is 1.07 bits per heavy atom. The molecule has 2 aromatic heterocycles. The van der Waals surface area contributed by atoms with Gasteiger partial charge in [-0.05, 0) is 24.6 Å². The normalized spacial score (nSPS) is 11.3. The molecule has 2 heterocycles. The molecule has 7 nitrogen and oxygen atoms in total. The predicted octanol–water partition coefficient (Wildman–Crippen LogP) is 2.49. The molecule has 0 aliphatic heterocycles. The van der Waals surface area contributed by atoms with Crippen molar-refractivity contribution in [2.75, 3.05) is 13.7 Å². The highest BCUT2D eigenvalue weighted by atomic mass is 19.1. The molecule has 0 fully saturated rings. The lowest BCUT2D eigenvalue weighted by molar-refractivity contribution is 0.184. The first kappa shape index (κ1) is 19.8. The van der Waals surface area contributed by atoms with Crippen LogP contribution in [-0.2, 0) is 17.8 Å². The summed E-state index contributed by atoms with van der Waals surface area (Å²) < 4.78 is 23.4. The highest BCUT2D eigenvalue weighted by Gasteiger charge is 2.20. The topological polar surface area (TPSA) is 71.1 Å². The molecule has 0 amide bonds. The molecular formula is C22H21FN4O3. The number of fused-ring (bicyclic) bond motifs is 1. The molecule has 0 saturated carbocycles. The molecule has 0 unspecified atom stereocenters. The summed E-state index contributed by atoms with van der Waals surface area (Å²) in [5.41, 5.74) is 1.42. The third-order valence-corrected chi connectivity index (χ3v) is 5.07. The molecule has 4 aromatic rings. The van der Waals surface area contributed by atoms with Gasteiger partial charge in [0.25, 0.3) is 5.56 Å². The van der Waals surface area contributed by atoms with Gasteiger partial charge in [0.15, 0.2) is 11.2 Å². The highest BCUT2D eigenvalue weighted by Crippen LogP contribution is 2.18. The number of rotatable bonds is 6. The van der Waals surface area contributed by atoms with Crippen molar-refractivity contribution in [3.05, 3.63) is 92.6 Å². The molecule has 154 valence electrons. The van der Waals surface area contributed by atoms with E-state index in [1.807, 2.05) is 25.1 Å². The Hall–Kier alpha value is -3.52. The zero-order valence-electron chi connectivity index (χ0n) is 16.7. The molecule has 0 bridgehead atoms. The maximum Gasteiger partial charge on any atom is 0.337 e. The van der Waals surface area contributed by atoms with Crippen molar-refractivity contribution in [1.29, 1.82) is 0 Å². The molecule has 8 heteroatoms. The van der Waals surface area contributed by atoms with Crippen LogP contribution >= 0.6 is 0 Å². The summed E-state index contributed by atoms with van der Waals surface area (Å²) in [6.45, 7) is 2.31. The van der Waals surface area contributed by atoms with E-state index in [0.29, 0.717) is 11.3 Å². The number of hydrogen-bond donors (Lipinski definition) is 0. The van der Waals surface area contributed by atoms with Crippen molar-refractivity contribution in [2.24, 2.45) is 0 Å². The minimum atomic E-state index is -0.491. The van der Waals surface area contributed by atoms with Gasteiger partial charge in [0.1, 0.15) is 5.82 Å². The monoisotopic (exact) mass is 408 g/mol. The van der Waals surface area contributed by atoms with E-state index in [1.165, 1.54) is 24.1 Å². The lowest BCUT2D eigenvalue weighted by atomic mass is 10.2. The van der Waals surface area contributed by atoms with Crippen LogP contribution in [0.25, 0.3) is 16.9 Å². The van der Waals surface area contributed by atoms with Crippen LogP contribution in [0.15, 0.2) is 64.4 Å². The van der Waals surface area contributed by atoms with Crippen LogP contribution in [0, 0.1) is 12.7 Å². The third-order valence-electron chi connectivity index (χ3n) is 5.07. The molecule has 0 aliphatic carbocycles. The van der Waals surface area contributed by atoms with Crippen LogP contribution in [0.4, 0.5) is 4.39 Å². The number of nitrogens with zero attached hydrogens (tertiary/aromatic N) is 4. The van der Waals surface area contributed by atoms with Gasteiger partial charge in [0.2, 0.25) is 0 Å². The molecule has 4 rings (SSSR count). The summed E-state index contributed by atoms with van der Waals surface area (Å²) in [7, 11) is 1.51. The van der Waals surface area contributed by atoms with E-state index >= 15 is 0 Å². The van der Waals surface area contributed by atoms with Gasteiger partial charge < -0.3 is 9.30 Å². The Morgan fingerprint density at radius 2 is 1.80 bits per heavy atom.